The van der Waals surface area contributed by atoms with Crippen molar-refractivity contribution in [3.05, 3.63) is 28.8 Å². The van der Waals surface area contributed by atoms with E-state index >= 15 is 0 Å². The molecule has 128 valence electrons. The van der Waals surface area contributed by atoms with E-state index in [1.165, 1.54) is 20.2 Å². The molecule has 0 aromatic heterocycles. The highest BCUT2D eigenvalue weighted by Gasteiger charge is 2.34. The summed E-state index contributed by atoms with van der Waals surface area (Å²) in [6, 6.07) is 4.51. The standard InChI is InChI=1S/C17H20ClN3O3/c1-21(10-19)17(23)12-5-3-4-6-14(12)20-16(22)13-9-11(18)7-8-15(13)24-2/h7-9,12,14H,3-6H2,1-2H3,(H,20,22)/t12-,14+/m0/s1. The van der Waals surface area contributed by atoms with E-state index in [4.69, 9.17) is 21.6 Å². The second kappa shape index (κ2) is 8.02. The summed E-state index contributed by atoms with van der Waals surface area (Å²) in [6.45, 7) is 0. The van der Waals surface area contributed by atoms with Gasteiger partial charge in [-0.1, -0.05) is 24.4 Å². The lowest BCUT2D eigenvalue weighted by atomic mass is 9.83. The molecule has 0 unspecified atom stereocenters. The summed E-state index contributed by atoms with van der Waals surface area (Å²) in [5.74, 6) is -0.568. The zero-order chi connectivity index (χ0) is 17.7. The summed E-state index contributed by atoms with van der Waals surface area (Å²) in [5, 5.41) is 12.3. The van der Waals surface area contributed by atoms with Crippen LogP contribution in [0.25, 0.3) is 0 Å². The van der Waals surface area contributed by atoms with Crippen molar-refractivity contribution in [3.63, 3.8) is 0 Å². The fourth-order valence-electron chi connectivity index (χ4n) is 3.00. The van der Waals surface area contributed by atoms with E-state index in [2.05, 4.69) is 5.32 Å². The largest absolute Gasteiger partial charge is 0.496 e. The Morgan fingerprint density at radius 2 is 2.08 bits per heavy atom. The van der Waals surface area contributed by atoms with Crippen LogP contribution in [0.15, 0.2) is 18.2 Å². The first-order valence-corrected chi connectivity index (χ1v) is 8.17. The Hall–Kier alpha value is -2.26. The summed E-state index contributed by atoms with van der Waals surface area (Å²) >= 11 is 5.97. The number of hydrogen-bond acceptors (Lipinski definition) is 4. The third-order valence-corrected chi connectivity index (χ3v) is 4.52. The third-order valence-electron chi connectivity index (χ3n) is 4.29. The molecule has 0 heterocycles. The fraction of sp³-hybridized carbons (Fsp3) is 0.471. The summed E-state index contributed by atoms with van der Waals surface area (Å²) in [5.41, 5.74) is 0.329. The first kappa shape index (κ1) is 18.1. The van der Waals surface area contributed by atoms with E-state index in [1.54, 1.807) is 12.1 Å². The quantitative estimate of drug-likeness (QED) is 0.669. The van der Waals surface area contributed by atoms with E-state index in [-0.39, 0.29) is 17.9 Å². The molecule has 0 spiro atoms. The lowest BCUT2D eigenvalue weighted by molar-refractivity contribution is -0.133. The lowest BCUT2D eigenvalue weighted by Crippen LogP contribution is -2.48. The average molecular weight is 350 g/mol. The molecule has 0 bridgehead atoms. The van der Waals surface area contributed by atoms with Gasteiger partial charge in [0.25, 0.3) is 5.91 Å². The van der Waals surface area contributed by atoms with Gasteiger partial charge in [0.15, 0.2) is 6.19 Å². The van der Waals surface area contributed by atoms with Crippen molar-refractivity contribution in [1.29, 1.82) is 5.26 Å². The third kappa shape index (κ3) is 3.98. The van der Waals surface area contributed by atoms with Crippen molar-refractivity contribution in [2.75, 3.05) is 14.2 Å². The highest BCUT2D eigenvalue weighted by molar-refractivity contribution is 6.31. The first-order valence-electron chi connectivity index (χ1n) is 7.79. The zero-order valence-electron chi connectivity index (χ0n) is 13.7. The maximum Gasteiger partial charge on any atom is 0.255 e. The topological polar surface area (TPSA) is 82.4 Å². The van der Waals surface area contributed by atoms with Gasteiger partial charge in [-0.3, -0.25) is 14.5 Å². The second-order valence-corrected chi connectivity index (χ2v) is 6.25. The van der Waals surface area contributed by atoms with Gasteiger partial charge in [0.2, 0.25) is 5.91 Å². The van der Waals surface area contributed by atoms with Crippen molar-refractivity contribution >= 4 is 23.4 Å². The molecule has 2 rings (SSSR count). The van der Waals surface area contributed by atoms with E-state index in [1.807, 2.05) is 6.19 Å². The van der Waals surface area contributed by atoms with Crippen LogP contribution in [0.2, 0.25) is 5.02 Å². The van der Waals surface area contributed by atoms with Gasteiger partial charge in [-0.25, -0.2) is 0 Å². The summed E-state index contributed by atoms with van der Waals surface area (Å²) in [7, 11) is 2.92. The van der Waals surface area contributed by atoms with Crippen LogP contribution in [0.3, 0.4) is 0 Å². The molecule has 1 aliphatic rings. The Kier molecular flexibility index (Phi) is 6.04. The Labute approximate surface area is 146 Å². The number of nitriles is 1. The molecule has 1 aliphatic carbocycles. The minimum atomic E-state index is -0.391. The number of nitrogens with zero attached hydrogens (tertiary/aromatic N) is 2. The van der Waals surface area contributed by atoms with Gasteiger partial charge >= 0.3 is 0 Å². The molecule has 1 aromatic carbocycles. The molecule has 1 aromatic rings. The maximum absolute atomic E-state index is 12.6. The van der Waals surface area contributed by atoms with E-state index in [0.717, 1.165) is 17.7 Å². The van der Waals surface area contributed by atoms with Crippen LogP contribution in [-0.2, 0) is 4.79 Å². The summed E-state index contributed by atoms with van der Waals surface area (Å²) < 4.78 is 5.20. The molecule has 6 nitrogen and oxygen atoms in total. The number of nitrogens with one attached hydrogen (secondary N) is 1. The Bertz CT molecular complexity index is 672. The molecule has 0 radical (unpaired) electrons. The molecule has 7 heteroatoms. The molecule has 1 saturated carbocycles. The second-order valence-electron chi connectivity index (χ2n) is 5.81. The van der Waals surface area contributed by atoms with Gasteiger partial charge in [0.1, 0.15) is 5.75 Å². The predicted molar refractivity (Wildman–Crippen MR) is 89.6 cm³/mol. The zero-order valence-corrected chi connectivity index (χ0v) is 14.5. The monoisotopic (exact) mass is 349 g/mol. The molecular formula is C17H20ClN3O3. The van der Waals surface area contributed by atoms with Crippen molar-refractivity contribution in [3.8, 4) is 11.9 Å². The van der Waals surface area contributed by atoms with Crippen LogP contribution in [0.5, 0.6) is 5.75 Å². The smallest absolute Gasteiger partial charge is 0.255 e. The Morgan fingerprint density at radius 3 is 2.75 bits per heavy atom. The van der Waals surface area contributed by atoms with Gasteiger partial charge in [-0.2, -0.15) is 5.26 Å². The Morgan fingerprint density at radius 1 is 1.38 bits per heavy atom. The molecule has 24 heavy (non-hydrogen) atoms. The van der Waals surface area contributed by atoms with E-state index in [0.29, 0.717) is 29.2 Å². The molecule has 0 aliphatic heterocycles. The van der Waals surface area contributed by atoms with Crippen molar-refractivity contribution < 1.29 is 14.3 Å². The van der Waals surface area contributed by atoms with Crippen LogP contribution in [-0.4, -0.2) is 36.9 Å². The van der Waals surface area contributed by atoms with Crippen molar-refractivity contribution in [2.24, 2.45) is 5.92 Å². The SMILES string of the molecule is COc1ccc(Cl)cc1C(=O)N[C@@H]1CCCC[C@@H]1C(=O)N(C)C#N. The van der Waals surface area contributed by atoms with Gasteiger partial charge in [-0.15, -0.1) is 0 Å². The normalized spacial score (nSPS) is 19.9. The lowest BCUT2D eigenvalue weighted by Gasteiger charge is -2.32. The number of rotatable bonds is 4. The van der Waals surface area contributed by atoms with Gasteiger partial charge in [0.05, 0.1) is 18.6 Å². The molecular weight excluding hydrogens is 330 g/mol. The van der Waals surface area contributed by atoms with Crippen LogP contribution >= 0.6 is 11.6 Å². The number of amides is 2. The number of carbonyl (C=O) groups is 2. The Balaban J connectivity index is 2.18. The number of hydrogen-bond donors (Lipinski definition) is 1. The van der Waals surface area contributed by atoms with Crippen molar-refractivity contribution in [2.45, 2.75) is 31.7 Å². The number of carbonyl (C=O) groups excluding carboxylic acids is 2. The van der Waals surface area contributed by atoms with Crippen molar-refractivity contribution in [1.82, 2.24) is 10.2 Å². The highest BCUT2D eigenvalue weighted by Crippen LogP contribution is 2.28. The maximum atomic E-state index is 12.6. The van der Waals surface area contributed by atoms with Gasteiger partial charge < -0.3 is 10.1 Å². The minimum Gasteiger partial charge on any atom is -0.496 e. The number of ether oxygens (including phenoxy) is 1. The van der Waals surface area contributed by atoms with E-state index in [9.17, 15) is 9.59 Å². The van der Waals surface area contributed by atoms with Crippen LogP contribution in [0, 0.1) is 17.4 Å². The first-order chi connectivity index (χ1) is 11.5. The number of methoxy groups -OCH3 is 1. The minimum absolute atomic E-state index is 0.263. The fourth-order valence-corrected chi connectivity index (χ4v) is 3.17. The molecule has 2 amide bonds. The number of benzene rings is 1. The highest BCUT2D eigenvalue weighted by atomic mass is 35.5. The molecule has 1 fully saturated rings. The molecule has 0 saturated heterocycles. The predicted octanol–water partition coefficient (Wildman–Crippen LogP) is 2.58. The van der Waals surface area contributed by atoms with Gasteiger partial charge in [-0.05, 0) is 31.0 Å². The van der Waals surface area contributed by atoms with Gasteiger partial charge in [0, 0.05) is 18.1 Å². The van der Waals surface area contributed by atoms with Crippen LogP contribution in [0.1, 0.15) is 36.0 Å². The van der Waals surface area contributed by atoms with E-state index < -0.39 is 5.92 Å². The van der Waals surface area contributed by atoms with Crippen LogP contribution in [0.4, 0.5) is 0 Å². The summed E-state index contributed by atoms with van der Waals surface area (Å²) in [6.07, 6.45) is 5.01. The molecule has 1 N–H and O–H groups in total. The molecule has 2 atom stereocenters. The average Bonchev–Trinajstić information content (AvgIpc) is 2.60. The summed E-state index contributed by atoms with van der Waals surface area (Å²) in [4.78, 5) is 26.0. The number of halogens is 1. The van der Waals surface area contributed by atoms with Crippen LogP contribution < -0.4 is 10.1 Å².